The molecule has 8 nitrogen and oxygen atoms in total. The Morgan fingerprint density at radius 1 is 1.15 bits per heavy atom. The van der Waals surface area contributed by atoms with Crippen LogP contribution < -0.4 is 15.8 Å². The highest BCUT2D eigenvalue weighted by Gasteiger charge is 2.57. The highest BCUT2D eigenvalue weighted by molar-refractivity contribution is 5.98. The second-order valence-corrected chi connectivity index (χ2v) is 9.55. The lowest BCUT2D eigenvalue weighted by Crippen LogP contribution is -2.51. The lowest BCUT2D eigenvalue weighted by Gasteiger charge is -2.31. The SMILES string of the molecule is C[C@]1(C(N)=O)COc2c1cc([C@@](O)(CNC(=O)c1ccc3cc[nH]c3c1)C(F)(F)F)nc2-c1ccc(F)cc1. The number of nitrogens with zero attached hydrogens (tertiary/aromatic N) is 1. The largest absolute Gasteiger partial charge is 0.489 e. The number of alkyl halides is 3. The number of hydrogen-bond acceptors (Lipinski definition) is 5. The Morgan fingerprint density at radius 3 is 2.54 bits per heavy atom. The van der Waals surface area contributed by atoms with Crippen LogP contribution in [0.2, 0.25) is 0 Å². The van der Waals surface area contributed by atoms with Crippen LogP contribution >= 0.6 is 0 Å². The van der Waals surface area contributed by atoms with Crippen molar-refractivity contribution in [3.05, 3.63) is 83.4 Å². The molecule has 2 aromatic heterocycles. The average Bonchev–Trinajstić information content (AvgIpc) is 3.51. The number of aromatic amines is 1. The zero-order valence-electron chi connectivity index (χ0n) is 20.4. The number of halogens is 4. The van der Waals surface area contributed by atoms with Crippen molar-refractivity contribution in [1.29, 1.82) is 0 Å². The van der Waals surface area contributed by atoms with Crippen molar-refractivity contribution in [2.75, 3.05) is 13.2 Å². The molecule has 2 amide bonds. The molecule has 2 atom stereocenters. The maximum atomic E-state index is 14.5. The van der Waals surface area contributed by atoms with Crippen LogP contribution in [-0.2, 0) is 15.8 Å². The monoisotopic (exact) mass is 542 g/mol. The van der Waals surface area contributed by atoms with Gasteiger partial charge in [-0.15, -0.1) is 0 Å². The molecule has 0 saturated carbocycles. The Kier molecular flexibility index (Phi) is 6.10. The minimum atomic E-state index is -5.31. The number of primary amides is 1. The first-order chi connectivity index (χ1) is 18.3. The van der Waals surface area contributed by atoms with Gasteiger partial charge in [0.1, 0.15) is 29.3 Å². The summed E-state index contributed by atoms with van der Waals surface area (Å²) in [5.74, 6) is -2.34. The van der Waals surface area contributed by atoms with Crippen LogP contribution in [0.4, 0.5) is 17.6 Å². The van der Waals surface area contributed by atoms with Crippen molar-refractivity contribution in [2.45, 2.75) is 24.1 Å². The maximum absolute atomic E-state index is 14.5. The first-order valence-electron chi connectivity index (χ1n) is 11.7. The third kappa shape index (κ3) is 4.36. The summed E-state index contributed by atoms with van der Waals surface area (Å²) in [7, 11) is 0. The van der Waals surface area contributed by atoms with E-state index in [4.69, 9.17) is 10.5 Å². The van der Waals surface area contributed by atoms with Gasteiger partial charge in [0.15, 0.2) is 0 Å². The summed E-state index contributed by atoms with van der Waals surface area (Å²) in [5, 5.41) is 14.0. The molecule has 0 fully saturated rings. The molecule has 0 bridgehead atoms. The van der Waals surface area contributed by atoms with Crippen molar-refractivity contribution >= 4 is 22.7 Å². The number of carbonyl (C=O) groups excluding carboxylic acids is 2. The van der Waals surface area contributed by atoms with Gasteiger partial charge in [-0.25, -0.2) is 9.37 Å². The Balaban J connectivity index is 1.59. The van der Waals surface area contributed by atoms with Crippen molar-refractivity contribution in [2.24, 2.45) is 5.73 Å². The number of aliphatic hydroxyl groups is 1. The molecule has 3 heterocycles. The van der Waals surface area contributed by atoms with Crippen molar-refractivity contribution < 1.29 is 37.0 Å². The standard InChI is InChI=1S/C27H22F4N4O4/c1-25(24(32)37)13-39-22-18(25)11-20(35-21(22)15-4-6-17(28)7-5-15)26(38,27(29,30)31)12-34-23(36)16-3-2-14-8-9-33-19(14)10-16/h2-11,33,38H,12-13H2,1H3,(H2,32,37)(H,34,36)/t25-,26-/m0/s1. The maximum Gasteiger partial charge on any atom is 0.424 e. The van der Waals surface area contributed by atoms with Crippen LogP contribution in [0.25, 0.3) is 22.2 Å². The summed E-state index contributed by atoms with van der Waals surface area (Å²) in [6.45, 7) is -0.176. The number of aromatic nitrogens is 2. The number of fused-ring (bicyclic) bond motifs is 2. The molecule has 1 aliphatic heterocycles. The summed E-state index contributed by atoms with van der Waals surface area (Å²) in [4.78, 5) is 32.1. The van der Waals surface area contributed by atoms with Gasteiger partial charge in [-0.1, -0.05) is 6.07 Å². The van der Waals surface area contributed by atoms with Gasteiger partial charge >= 0.3 is 6.18 Å². The lowest BCUT2D eigenvalue weighted by molar-refractivity contribution is -0.265. The highest BCUT2D eigenvalue weighted by Crippen LogP contribution is 2.47. The van der Waals surface area contributed by atoms with Gasteiger partial charge in [-0.05, 0) is 60.8 Å². The van der Waals surface area contributed by atoms with Gasteiger partial charge in [0.25, 0.3) is 5.91 Å². The molecule has 202 valence electrons. The van der Waals surface area contributed by atoms with Crippen LogP contribution in [0.1, 0.15) is 28.5 Å². The number of rotatable bonds is 6. The molecule has 4 aromatic rings. The van der Waals surface area contributed by atoms with E-state index in [9.17, 15) is 32.3 Å². The highest BCUT2D eigenvalue weighted by atomic mass is 19.4. The van der Waals surface area contributed by atoms with Gasteiger partial charge < -0.3 is 25.9 Å². The number of H-pyrrole nitrogens is 1. The molecule has 0 saturated heterocycles. The molecule has 0 radical (unpaired) electrons. The van der Waals surface area contributed by atoms with E-state index in [1.165, 1.54) is 31.2 Å². The van der Waals surface area contributed by atoms with Crippen molar-refractivity contribution in [3.63, 3.8) is 0 Å². The number of amides is 2. The Morgan fingerprint density at radius 2 is 1.87 bits per heavy atom. The zero-order chi connectivity index (χ0) is 28.2. The molecular weight excluding hydrogens is 520 g/mol. The van der Waals surface area contributed by atoms with E-state index in [0.29, 0.717) is 5.52 Å². The molecule has 5 N–H and O–H groups in total. The van der Waals surface area contributed by atoms with E-state index >= 15 is 0 Å². The predicted octanol–water partition coefficient (Wildman–Crippen LogP) is 3.68. The summed E-state index contributed by atoms with van der Waals surface area (Å²) in [6, 6.07) is 11.9. The van der Waals surface area contributed by atoms with Gasteiger partial charge in [0.05, 0.1) is 12.2 Å². The number of nitrogens with two attached hydrogens (primary N) is 1. The van der Waals surface area contributed by atoms with Crippen molar-refractivity contribution in [3.8, 4) is 17.0 Å². The second kappa shape index (κ2) is 9.09. The number of nitrogens with one attached hydrogen (secondary N) is 2. The van der Waals surface area contributed by atoms with Crippen LogP contribution in [0.15, 0.2) is 60.8 Å². The van der Waals surface area contributed by atoms with Crippen LogP contribution in [0.3, 0.4) is 0 Å². The topological polar surface area (TPSA) is 130 Å². The van der Waals surface area contributed by atoms with Gasteiger partial charge in [0.2, 0.25) is 11.5 Å². The van der Waals surface area contributed by atoms with Crippen LogP contribution in [0, 0.1) is 5.82 Å². The molecule has 39 heavy (non-hydrogen) atoms. The van der Waals surface area contributed by atoms with Crippen molar-refractivity contribution in [1.82, 2.24) is 15.3 Å². The summed E-state index contributed by atoms with van der Waals surface area (Å²) in [6.07, 6.45) is -3.66. The number of ether oxygens (including phenoxy) is 1. The van der Waals surface area contributed by atoms with E-state index in [0.717, 1.165) is 23.6 Å². The number of benzene rings is 2. The normalized spacial score (nSPS) is 18.3. The van der Waals surface area contributed by atoms with Crippen LogP contribution in [0.5, 0.6) is 5.75 Å². The quantitative estimate of drug-likeness (QED) is 0.276. The predicted molar refractivity (Wildman–Crippen MR) is 132 cm³/mol. The Bertz CT molecular complexity index is 1600. The van der Waals surface area contributed by atoms with E-state index in [2.05, 4.69) is 15.3 Å². The minimum Gasteiger partial charge on any atom is -0.489 e. The zero-order valence-corrected chi connectivity index (χ0v) is 20.4. The smallest absolute Gasteiger partial charge is 0.424 e. The van der Waals surface area contributed by atoms with E-state index in [1.54, 1.807) is 18.3 Å². The third-order valence-electron chi connectivity index (χ3n) is 6.95. The summed E-state index contributed by atoms with van der Waals surface area (Å²) in [5.41, 5.74) is 0.118. The van der Waals surface area contributed by atoms with E-state index in [1.807, 2.05) is 0 Å². The Hall–Kier alpha value is -4.45. The van der Waals surface area contributed by atoms with Gasteiger partial charge in [0, 0.05) is 28.4 Å². The van der Waals surface area contributed by atoms with E-state index < -0.39 is 47.1 Å². The fourth-order valence-corrected chi connectivity index (χ4v) is 4.44. The molecule has 0 unspecified atom stereocenters. The molecule has 5 rings (SSSR count). The summed E-state index contributed by atoms with van der Waals surface area (Å²) >= 11 is 0. The molecule has 1 aliphatic rings. The lowest BCUT2D eigenvalue weighted by atomic mass is 9.81. The van der Waals surface area contributed by atoms with Gasteiger partial charge in [-0.3, -0.25) is 9.59 Å². The number of hydrogen-bond donors (Lipinski definition) is 4. The molecule has 12 heteroatoms. The second-order valence-electron chi connectivity index (χ2n) is 9.55. The molecular formula is C27H22F4N4O4. The number of carbonyl (C=O) groups is 2. The molecule has 0 aliphatic carbocycles. The minimum absolute atomic E-state index is 0.0144. The van der Waals surface area contributed by atoms with E-state index in [-0.39, 0.29) is 34.7 Å². The average molecular weight is 542 g/mol. The number of pyridine rings is 1. The Labute approximate surface area is 218 Å². The first kappa shape index (κ1) is 26.2. The fourth-order valence-electron chi connectivity index (χ4n) is 4.44. The van der Waals surface area contributed by atoms with Gasteiger partial charge in [-0.2, -0.15) is 13.2 Å². The molecule has 2 aromatic carbocycles. The summed E-state index contributed by atoms with van der Waals surface area (Å²) < 4.78 is 62.6. The fraction of sp³-hybridized carbons (Fsp3) is 0.222. The first-order valence-corrected chi connectivity index (χ1v) is 11.7. The molecule has 0 spiro atoms. The van der Waals surface area contributed by atoms with Crippen LogP contribution in [-0.4, -0.2) is 46.2 Å². The third-order valence-corrected chi connectivity index (χ3v) is 6.95.